The average molecular weight is 797 g/mol. The van der Waals surface area contributed by atoms with E-state index < -0.39 is 5.92 Å². The van der Waals surface area contributed by atoms with Crippen LogP contribution in [0.25, 0.3) is 53.5 Å². The summed E-state index contributed by atoms with van der Waals surface area (Å²) in [5.41, 5.74) is 19.3. The molecule has 0 radical (unpaired) electrons. The summed E-state index contributed by atoms with van der Waals surface area (Å²) in [6, 6.07) is 29.2. The van der Waals surface area contributed by atoms with Crippen LogP contribution in [0.15, 0.2) is 96.2 Å². The molecule has 0 aliphatic heterocycles. The monoisotopic (exact) mass is 796 g/mol. The number of nitrogen functional groups attached to an aromatic ring is 2. The molecule has 7 nitrogen and oxygen atoms in total. The van der Waals surface area contributed by atoms with Crippen LogP contribution < -0.4 is 21.7 Å². The molecule has 1 unspecified atom stereocenters. The summed E-state index contributed by atoms with van der Waals surface area (Å²) < 4.78 is 0. The van der Waals surface area contributed by atoms with E-state index in [0.717, 1.165) is 99.8 Å². The predicted octanol–water partition coefficient (Wildman–Crippen LogP) is 13.6. The Balaban J connectivity index is 1.44. The standard InChI is InChI=1S/C53H60N6O/c1-5-8-11-18-25-58-45-32-43(55)48(41-30-37-23-16-14-21-35(37)28-39(41)45)51-50(46(34-54)57-4)52(53(51)60)49-42-31-38-24-17-15-22-36(38)29-40(42)47(33-44(49)56)59(26-19-12-9-6-2)27-20-13-10-7-3/h14-17,21-24,28-33,52,54,58H,5-13,18-20,25-27,55-56H2,1-3H3. The Labute approximate surface area is 355 Å². The third kappa shape index (κ3) is 8.35. The number of carbonyl (C=O) groups excluding carboxylic acids is 1. The van der Waals surface area contributed by atoms with Crippen LogP contribution in [0.5, 0.6) is 0 Å². The van der Waals surface area contributed by atoms with E-state index in [9.17, 15) is 0 Å². The van der Waals surface area contributed by atoms with Crippen molar-refractivity contribution >= 4 is 83.1 Å². The van der Waals surface area contributed by atoms with Gasteiger partial charge in [-0.2, -0.15) is 0 Å². The number of hydrogen-bond acceptors (Lipinski definition) is 6. The molecule has 60 heavy (non-hydrogen) atoms. The van der Waals surface area contributed by atoms with Gasteiger partial charge in [-0.05, 0) is 105 Å². The molecule has 0 saturated carbocycles. The van der Waals surface area contributed by atoms with Crippen LogP contribution in [-0.4, -0.2) is 31.3 Å². The van der Waals surface area contributed by atoms with Gasteiger partial charge in [0.25, 0.3) is 5.70 Å². The molecule has 0 heterocycles. The number of Topliss-reactive ketones (excluding diaryl/α,β-unsaturated/α-hetero) is 1. The molecule has 0 spiro atoms. The summed E-state index contributed by atoms with van der Waals surface area (Å²) in [6.07, 6.45) is 13.8. The SMILES string of the molecule is [C-]#[N+]C(=C=N)C1=C(c2c(N)cc(NCCCCCC)c3cc4ccccc4cc23)C(=O)C1c1c(N)cc(N(CCCCCC)CCCCCC)c2cc3ccccc3cc12. The van der Waals surface area contributed by atoms with Gasteiger partial charge in [0.15, 0.2) is 5.78 Å². The van der Waals surface area contributed by atoms with Crippen LogP contribution in [-0.2, 0) is 4.79 Å². The molecule has 308 valence electrons. The maximum atomic E-state index is 15.2. The molecule has 6 N–H and O–H groups in total. The van der Waals surface area contributed by atoms with Crippen molar-refractivity contribution in [3.05, 3.63) is 119 Å². The fourth-order valence-corrected chi connectivity index (χ4v) is 9.28. The fraction of sp³-hybridized carbons (Fsp3) is 0.358. The first-order chi connectivity index (χ1) is 29.3. The van der Waals surface area contributed by atoms with Crippen molar-refractivity contribution in [2.24, 2.45) is 0 Å². The Kier molecular flexibility index (Phi) is 13.5. The van der Waals surface area contributed by atoms with Gasteiger partial charge < -0.3 is 21.7 Å². The number of benzene rings is 6. The van der Waals surface area contributed by atoms with Crippen LogP contribution in [0.4, 0.5) is 22.7 Å². The molecule has 1 aliphatic carbocycles. The molecular weight excluding hydrogens is 737 g/mol. The van der Waals surface area contributed by atoms with Crippen molar-refractivity contribution in [2.75, 3.05) is 41.3 Å². The van der Waals surface area contributed by atoms with Gasteiger partial charge >= 0.3 is 0 Å². The van der Waals surface area contributed by atoms with Crippen molar-refractivity contribution in [3.8, 4) is 0 Å². The van der Waals surface area contributed by atoms with E-state index in [4.69, 9.17) is 23.4 Å². The lowest BCUT2D eigenvalue weighted by molar-refractivity contribution is -0.115. The van der Waals surface area contributed by atoms with E-state index in [0.29, 0.717) is 33.6 Å². The quantitative estimate of drug-likeness (QED) is 0.0202. The number of rotatable bonds is 20. The Morgan fingerprint density at radius 3 is 1.78 bits per heavy atom. The number of hydrogen-bond donors (Lipinski definition) is 4. The molecule has 0 aromatic heterocycles. The van der Waals surface area contributed by atoms with Crippen molar-refractivity contribution in [1.29, 1.82) is 5.41 Å². The minimum absolute atomic E-state index is 0.00745. The van der Waals surface area contributed by atoms with Crippen molar-refractivity contribution < 1.29 is 4.79 Å². The van der Waals surface area contributed by atoms with Gasteiger partial charge in [0.1, 0.15) is 0 Å². The van der Waals surface area contributed by atoms with Crippen molar-refractivity contribution in [3.63, 3.8) is 0 Å². The molecular formula is C53H60N6O. The summed E-state index contributed by atoms with van der Waals surface area (Å²) in [5, 5.41) is 20.0. The highest BCUT2D eigenvalue weighted by Crippen LogP contribution is 2.55. The lowest BCUT2D eigenvalue weighted by atomic mass is 9.66. The average Bonchev–Trinajstić information content (AvgIpc) is 3.26. The number of carbonyl (C=O) groups is 1. The third-order valence-electron chi connectivity index (χ3n) is 12.4. The van der Waals surface area contributed by atoms with Crippen LogP contribution in [0.1, 0.15) is 115 Å². The molecule has 6 aromatic carbocycles. The number of fused-ring (bicyclic) bond motifs is 4. The lowest BCUT2D eigenvalue weighted by Gasteiger charge is -2.36. The van der Waals surface area contributed by atoms with E-state index in [1.54, 1.807) is 0 Å². The number of nitrogens with two attached hydrogens (primary N) is 2. The Morgan fingerprint density at radius 1 is 0.700 bits per heavy atom. The highest BCUT2D eigenvalue weighted by molar-refractivity contribution is 6.38. The smallest absolute Gasteiger partial charge is 0.251 e. The van der Waals surface area contributed by atoms with Crippen LogP contribution >= 0.6 is 0 Å². The maximum Gasteiger partial charge on any atom is 0.251 e. The summed E-state index contributed by atoms with van der Waals surface area (Å²) in [7, 11) is 0. The lowest BCUT2D eigenvalue weighted by Crippen LogP contribution is -2.31. The topological polar surface area (TPSA) is 113 Å². The molecule has 1 aliphatic rings. The highest BCUT2D eigenvalue weighted by Gasteiger charge is 2.45. The second-order valence-corrected chi connectivity index (χ2v) is 16.5. The van der Waals surface area contributed by atoms with Crippen LogP contribution in [0, 0.1) is 12.0 Å². The second kappa shape index (κ2) is 19.3. The Bertz CT molecular complexity index is 2670. The van der Waals surface area contributed by atoms with Crippen LogP contribution in [0.2, 0.25) is 0 Å². The first kappa shape index (κ1) is 42.0. The zero-order chi connectivity index (χ0) is 42.2. The van der Waals surface area contributed by atoms with Gasteiger partial charge in [0, 0.05) is 64.3 Å². The van der Waals surface area contributed by atoms with Crippen molar-refractivity contribution in [1.82, 2.24) is 0 Å². The zero-order valence-corrected chi connectivity index (χ0v) is 35.7. The molecule has 6 aromatic rings. The fourth-order valence-electron chi connectivity index (χ4n) is 9.28. The first-order valence-corrected chi connectivity index (χ1v) is 22.3. The van der Waals surface area contributed by atoms with E-state index in [1.165, 1.54) is 51.4 Å². The van der Waals surface area contributed by atoms with Gasteiger partial charge in [-0.3, -0.25) is 10.2 Å². The first-order valence-electron chi connectivity index (χ1n) is 22.3. The summed E-state index contributed by atoms with van der Waals surface area (Å²) >= 11 is 0. The second-order valence-electron chi connectivity index (χ2n) is 16.5. The number of unbranched alkanes of at least 4 members (excludes halogenated alkanes) is 9. The summed E-state index contributed by atoms with van der Waals surface area (Å²) in [6.45, 7) is 17.6. The van der Waals surface area contributed by atoms with E-state index >= 15 is 4.79 Å². The van der Waals surface area contributed by atoms with E-state index in [2.05, 4.69) is 102 Å². The molecule has 7 rings (SSSR count). The molecule has 0 amide bonds. The highest BCUT2D eigenvalue weighted by atomic mass is 16.1. The van der Waals surface area contributed by atoms with Crippen LogP contribution in [0.3, 0.4) is 0 Å². The van der Waals surface area contributed by atoms with Gasteiger partial charge in [-0.15, -0.1) is 0 Å². The normalized spacial score (nSPS) is 13.8. The Morgan fingerprint density at radius 2 is 1.23 bits per heavy atom. The maximum absolute atomic E-state index is 15.2. The summed E-state index contributed by atoms with van der Waals surface area (Å²) in [4.78, 5) is 21.5. The number of ketones is 1. The van der Waals surface area contributed by atoms with E-state index in [-0.39, 0.29) is 11.5 Å². The van der Waals surface area contributed by atoms with Gasteiger partial charge in [0.2, 0.25) is 0 Å². The molecule has 0 saturated heterocycles. The predicted molar refractivity (Wildman–Crippen MR) is 257 cm³/mol. The molecule has 7 heteroatoms. The van der Waals surface area contributed by atoms with Gasteiger partial charge in [0.05, 0.1) is 12.5 Å². The Hall–Kier alpha value is -6.09. The van der Waals surface area contributed by atoms with E-state index in [1.807, 2.05) is 24.3 Å². The minimum atomic E-state index is -0.867. The molecule has 0 fully saturated rings. The molecule has 0 bridgehead atoms. The summed E-state index contributed by atoms with van der Waals surface area (Å²) in [5.74, 6) is 1.39. The van der Waals surface area contributed by atoms with Crippen molar-refractivity contribution in [2.45, 2.75) is 104 Å². The minimum Gasteiger partial charge on any atom is -0.398 e. The number of anilines is 4. The molecule has 1 atom stereocenters. The third-order valence-corrected chi connectivity index (χ3v) is 12.4. The van der Waals surface area contributed by atoms with Gasteiger partial charge in [-0.25, -0.2) is 4.85 Å². The number of nitrogens with one attached hydrogen (secondary N) is 2. The number of allylic oxidation sites excluding steroid dienone is 2. The number of nitrogens with zero attached hydrogens (tertiary/aromatic N) is 2. The van der Waals surface area contributed by atoms with Gasteiger partial charge in [-0.1, -0.05) is 127 Å². The largest absolute Gasteiger partial charge is 0.398 e. The zero-order valence-electron chi connectivity index (χ0n) is 35.7.